The van der Waals surface area contributed by atoms with Gasteiger partial charge in [0.05, 0.1) is 10.5 Å². The van der Waals surface area contributed by atoms with Crippen molar-refractivity contribution in [3.05, 3.63) is 52.5 Å². The number of nitro benzene ring substituents is 1. The third kappa shape index (κ3) is 2.15. The van der Waals surface area contributed by atoms with E-state index >= 15 is 0 Å². The van der Waals surface area contributed by atoms with E-state index in [-0.39, 0.29) is 17.1 Å². The van der Waals surface area contributed by atoms with Crippen molar-refractivity contribution in [3.63, 3.8) is 0 Å². The van der Waals surface area contributed by atoms with Gasteiger partial charge in [0.2, 0.25) is 0 Å². The summed E-state index contributed by atoms with van der Waals surface area (Å²) >= 11 is 5.61. The van der Waals surface area contributed by atoms with Crippen molar-refractivity contribution >= 4 is 33.9 Å². The third-order valence-corrected chi connectivity index (χ3v) is 3.38. The fraction of sp³-hybridized carbons (Fsp3) is 0. The first-order chi connectivity index (χ1) is 10.5. The normalized spacial score (nSPS) is 10.8. The van der Waals surface area contributed by atoms with Crippen molar-refractivity contribution in [1.82, 2.24) is 14.6 Å². The Balaban J connectivity index is 2.30. The average molecular weight is 318 g/mol. The van der Waals surface area contributed by atoms with Gasteiger partial charge in [-0.1, -0.05) is 0 Å². The van der Waals surface area contributed by atoms with Gasteiger partial charge in [0, 0.05) is 23.9 Å². The summed E-state index contributed by atoms with van der Waals surface area (Å²) in [5.74, 6) is 0.174. The fourth-order valence-electron chi connectivity index (χ4n) is 2.23. The molecule has 3 rings (SSSR count). The number of non-ortho nitro benzene ring substituents is 1. The monoisotopic (exact) mass is 317 g/mol. The molecular weight excluding hydrogens is 310 g/mol. The maximum atomic E-state index is 11.7. The van der Waals surface area contributed by atoms with Crippen LogP contribution in [0.4, 0.5) is 11.5 Å². The SMILES string of the molecule is Nc1ncnn2cc(C(=O)Cl)c(-c3ccc([N+](=O)[O-])cc3)c12. The lowest BCUT2D eigenvalue weighted by molar-refractivity contribution is -0.384. The van der Waals surface area contributed by atoms with E-state index in [4.69, 9.17) is 17.3 Å². The molecule has 9 heteroatoms. The van der Waals surface area contributed by atoms with Crippen LogP contribution >= 0.6 is 11.6 Å². The van der Waals surface area contributed by atoms with Gasteiger partial charge in [-0.2, -0.15) is 5.10 Å². The number of nitrogens with zero attached hydrogens (tertiary/aromatic N) is 4. The molecule has 3 aromatic rings. The number of nitrogen functional groups attached to an aromatic ring is 1. The number of nitrogens with two attached hydrogens (primary N) is 1. The number of carbonyl (C=O) groups excluding carboxylic acids is 1. The first-order valence-corrected chi connectivity index (χ1v) is 6.43. The molecule has 0 saturated heterocycles. The number of rotatable bonds is 3. The van der Waals surface area contributed by atoms with Crippen LogP contribution in [0.5, 0.6) is 0 Å². The van der Waals surface area contributed by atoms with Gasteiger partial charge in [0.25, 0.3) is 10.9 Å². The van der Waals surface area contributed by atoms with Gasteiger partial charge < -0.3 is 5.73 Å². The summed E-state index contributed by atoms with van der Waals surface area (Å²) in [7, 11) is 0. The molecule has 8 nitrogen and oxygen atoms in total. The molecule has 0 aliphatic carbocycles. The zero-order valence-corrected chi connectivity index (χ0v) is 11.7. The van der Waals surface area contributed by atoms with E-state index < -0.39 is 10.2 Å². The molecule has 0 saturated carbocycles. The molecule has 0 fully saturated rings. The second kappa shape index (κ2) is 5.08. The van der Waals surface area contributed by atoms with Gasteiger partial charge in [-0.3, -0.25) is 14.9 Å². The van der Waals surface area contributed by atoms with E-state index in [1.165, 1.54) is 41.3 Å². The van der Waals surface area contributed by atoms with Crippen LogP contribution in [0.1, 0.15) is 10.4 Å². The molecule has 2 heterocycles. The average Bonchev–Trinajstić information content (AvgIpc) is 2.88. The highest BCUT2D eigenvalue weighted by Crippen LogP contribution is 2.33. The standard InChI is InChI=1S/C13H8ClN5O3/c14-12(20)9-5-18-11(13(15)16-6-17-18)10(9)7-1-3-8(4-2-7)19(21)22/h1-6H,(H2,15,16,17). The number of aromatic nitrogens is 3. The highest BCUT2D eigenvalue weighted by atomic mass is 35.5. The maximum absolute atomic E-state index is 11.7. The largest absolute Gasteiger partial charge is 0.382 e. The Labute approximate surface area is 128 Å². The fourth-order valence-corrected chi connectivity index (χ4v) is 2.37. The summed E-state index contributed by atoms with van der Waals surface area (Å²) in [6.45, 7) is 0. The molecule has 0 radical (unpaired) electrons. The van der Waals surface area contributed by atoms with E-state index in [9.17, 15) is 14.9 Å². The topological polar surface area (TPSA) is 116 Å². The molecule has 0 aliphatic rings. The van der Waals surface area contributed by atoms with E-state index in [2.05, 4.69) is 10.1 Å². The molecular formula is C13H8ClN5O3. The smallest absolute Gasteiger partial charge is 0.269 e. The van der Waals surface area contributed by atoms with E-state index in [0.29, 0.717) is 16.6 Å². The lowest BCUT2D eigenvalue weighted by atomic mass is 10.0. The number of hydrogen-bond acceptors (Lipinski definition) is 6. The minimum Gasteiger partial charge on any atom is -0.382 e. The summed E-state index contributed by atoms with van der Waals surface area (Å²) in [5.41, 5.74) is 7.40. The minimum atomic E-state index is -0.682. The quantitative estimate of drug-likeness (QED) is 0.450. The molecule has 2 N–H and O–H groups in total. The zero-order chi connectivity index (χ0) is 15.9. The van der Waals surface area contributed by atoms with Crippen LogP contribution in [0, 0.1) is 10.1 Å². The van der Waals surface area contributed by atoms with E-state index in [1.807, 2.05) is 0 Å². The van der Waals surface area contributed by atoms with Crippen LogP contribution in [0.25, 0.3) is 16.6 Å². The van der Waals surface area contributed by atoms with Crippen LogP contribution in [-0.2, 0) is 0 Å². The Bertz CT molecular complexity index is 904. The minimum absolute atomic E-state index is 0.0600. The Morgan fingerprint density at radius 3 is 2.59 bits per heavy atom. The van der Waals surface area contributed by atoms with Crippen LogP contribution in [0.2, 0.25) is 0 Å². The number of halogens is 1. The van der Waals surface area contributed by atoms with Crippen molar-refractivity contribution in [3.8, 4) is 11.1 Å². The van der Waals surface area contributed by atoms with Gasteiger partial charge in [-0.05, 0) is 29.3 Å². The Morgan fingerprint density at radius 1 is 1.32 bits per heavy atom. The molecule has 22 heavy (non-hydrogen) atoms. The molecule has 0 unspecified atom stereocenters. The van der Waals surface area contributed by atoms with Crippen molar-refractivity contribution in [2.24, 2.45) is 0 Å². The number of nitro groups is 1. The van der Waals surface area contributed by atoms with E-state index in [0.717, 1.165) is 0 Å². The molecule has 1 aromatic carbocycles. The third-order valence-electron chi connectivity index (χ3n) is 3.18. The highest BCUT2D eigenvalue weighted by molar-refractivity contribution is 6.68. The van der Waals surface area contributed by atoms with Gasteiger partial charge >= 0.3 is 0 Å². The number of fused-ring (bicyclic) bond motifs is 1. The van der Waals surface area contributed by atoms with Gasteiger partial charge in [-0.15, -0.1) is 0 Å². The predicted molar refractivity (Wildman–Crippen MR) is 79.7 cm³/mol. The van der Waals surface area contributed by atoms with Crippen LogP contribution in [-0.4, -0.2) is 24.8 Å². The molecule has 0 amide bonds. The summed E-state index contributed by atoms with van der Waals surface area (Å²) in [6, 6.07) is 5.70. The molecule has 0 aliphatic heterocycles. The van der Waals surface area contributed by atoms with Crippen molar-refractivity contribution in [2.75, 3.05) is 5.73 Å². The van der Waals surface area contributed by atoms with Crippen LogP contribution in [0.15, 0.2) is 36.8 Å². The molecule has 0 spiro atoms. The summed E-state index contributed by atoms with van der Waals surface area (Å²) in [5, 5.41) is 14.0. The first kappa shape index (κ1) is 14.0. The first-order valence-electron chi connectivity index (χ1n) is 6.05. The second-order valence-electron chi connectivity index (χ2n) is 4.43. The zero-order valence-electron chi connectivity index (χ0n) is 10.9. The van der Waals surface area contributed by atoms with Crippen molar-refractivity contribution < 1.29 is 9.72 Å². The molecule has 110 valence electrons. The lowest BCUT2D eigenvalue weighted by Crippen LogP contribution is -1.98. The Hall–Kier alpha value is -3.00. The van der Waals surface area contributed by atoms with Gasteiger partial charge in [0.15, 0.2) is 5.82 Å². The van der Waals surface area contributed by atoms with Crippen molar-refractivity contribution in [2.45, 2.75) is 0 Å². The number of benzene rings is 1. The summed E-state index contributed by atoms with van der Waals surface area (Å²) < 4.78 is 1.40. The number of anilines is 1. The van der Waals surface area contributed by atoms with Crippen molar-refractivity contribution in [1.29, 1.82) is 0 Å². The Morgan fingerprint density at radius 2 is 2.00 bits per heavy atom. The summed E-state index contributed by atoms with van der Waals surface area (Å²) in [4.78, 5) is 25.8. The molecule has 0 bridgehead atoms. The number of carbonyl (C=O) groups is 1. The van der Waals surface area contributed by atoms with Crippen LogP contribution in [0.3, 0.4) is 0 Å². The predicted octanol–water partition coefficient (Wildman–Crippen LogP) is 2.27. The second-order valence-corrected chi connectivity index (χ2v) is 4.78. The molecule has 2 aromatic heterocycles. The summed E-state index contributed by atoms with van der Waals surface area (Å²) in [6.07, 6.45) is 2.70. The maximum Gasteiger partial charge on any atom is 0.269 e. The van der Waals surface area contributed by atoms with Gasteiger partial charge in [-0.25, -0.2) is 9.50 Å². The van der Waals surface area contributed by atoms with Crippen LogP contribution < -0.4 is 5.73 Å². The molecule has 0 atom stereocenters. The number of hydrogen-bond donors (Lipinski definition) is 1. The van der Waals surface area contributed by atoms with E-state index in [1.54, 1.807) is 0 Å². The highest BCUT2D eigenvalue weighted by Gasteiger charge is 2.20. The Kier molecular flexibility index (Phi) is 3.22. The van der Waals surface area contributed by atoms with Gasteiger partial charge in [0.1, 0.15) is 11.8 Å². The lowest BCUT2D eigenvalue weighted by Gasteiger charge is -2.04.